The minimum atomic E-state index is 1.14. The maximum absolute atomic E-state index is 2.44. The van der Waals surface area contributed by atoms with E-state index in [0.717, 1.165) is 22.7 Å². The predicted octanol–water partition coefficient (Wildman–Crippen LogP) is 32.4. The van der Waals surface area contributed by atoms with Gasteiger partial charge in [-0.1, -0.05) is 352 Å². The third-order valence-corrected chi connectivity index (χ3v) is 25.0. The molecule has 0 N–H and O–H groups in total. The van der Waals surface area contributed by atoms with Crippen molar-refractivity contribution < 1.29 is 0 Å². The molecule has 124 heavy (non-hydrogen) atoms. The number of hydrogen-bond acceptors (Lipinski definition) is 0. The topological polar surface area (TPSA) is 19.7 Å². The van der Waals surface area contributed by atoms with Gasteiger partial charge >= 0.3 is 0 Å². The predicted molar refractivity (Wildman–Crippen MR) is 525 cm³/mol. The summed E-state index contributed by atoms with van der Waals surface area (Å²) in [6.07, 6.45) is 0. The van der Waals surface area contributed by atoms with Gasteiger partial charge in [-0.3, -0.25) is 0 Å². The van der Waals surface area contributed by atoms with E-state index in [1.165, 1.54) is 198 Å². The van der Waals surface area contributed by atoms with Gasteiger partial charge in [0.1, 0.15) is 0 Å². The fraction of sp³-hybridized carbons (Fsp3) is 0. The number of rotatable bonds is 14. The van der Waals surface area contributed by atoms with Crippen molar-refractivity contribution >= 4 is 87.2 Å². The van der Waals surface area contributed by atoms with Crippen LogP contribution in [0.5, 0.6) is 0 Å². The van der Waals surface area contributed by atoms with Crippen molar-refractivity contribution in [3.8, 4) is 134 Å². The Kier molecular flexibility index (Phi) is 18.2. The second-order valence-corrected chi connectivity index (χ2v) is 32.3. The molecule has 4 heterocycles. The molecule has 0 unspecified atom stereocenters. The first-order chi connectivity index (χ1) is 61.5. The minimum absolute atomic E-state index is 1.14. The fourth-order valence-electron chi connectivity index (χ4n) is 19.1. The summed E-state index contributed by atoms with van der Waals surface area (Å²) in [6, 6.07) is 177. The Balaban J connectivity index is 0.000000143. The lowest BCUT2D eigenvalue weighted by Gasteiger charge is -2.15. The van der Waals surface area contributed by atoms with E-state index in [9.17, 15) is 0 Å². The van der Waals surface area contributed by atoms with Crippen molar-refractivity contribution in [3.63, 3.8) is 0 Å². The summed E-state index contributed by atoms with van der Waals surface area (Å²) >= 11 is 0. The summed E-state index contributed by atoms with van der Waals surface area (Å²) in [6.45, 7) is 0. The molecule has 0 spiro atoms. The molecule has 20 aromatic carbocycles. The Morgan fingerprint density at radius 2 is 0.315 bits per heavy atom. The molecule has 0 aliphatic heterocycles. The van der Waals surface area contributed by atoms with E-state index in [2.05, 4.69) is 504 Å². The normalized spacial score (nSPS) is 11.5. The van der Waals surface area contributed by atoms with Crippen LogP contribution >= 0.6 is 0 Å². The zero-order chi connectivity index (χ0) is 82.0. The molecule has 4 heteroatoms. The largest absolute Gasteiger partial charge is 0.309 e. The van der Waals surface area contributed by atoms with Crippen LogP contribution in [0.4, 0.5) is 0 Å². The lowest BCUT2D eigenvalue weighted by Crippen LogP contribution is -1.96. The summed E-state index contributed by atoms with van der Waals surface area (Å²) in [5.41, 5.74) is 38.2. The van der Waals surface area contributed by atoms with Crippen LogP contribution in [-0.2, 0) is 0 Å². The molecule has 24 aromatic rings. The van der Waals surface area contributed by atoms with Crippen molar-refractivity contribution in [1.82, 2.24) is 18.3 Å². The Morgan fingerprint density at radius 1 is 0.0968 bits per heavy atom. The molecule has 4 nitrogen and oxygen atoms in total. The molecule has 0 aliphatic rings. The molecule has 24 rings (SSSR count). The molecule has 580 valence electrons. The number of hydrogen-bond donors (Lipinski definition) is 0. The summed E-state index contributed by atoms with van der Waals surface area (Å²) in [7, 11) is 0. The number of nitrogens with zero attached hydrogens (tertiary/aromatic N) is 4. The van der Waals surface area contributed by atoms with Crippen LogP contribution in [0.2, 0.25) is 0 Å². The number of benzene rings is 20. The van der Waals surface area contributed by atoms with Gasteiger partial charge in [-0.2, -0.15) is 0 Å². The SMILES string of the molecule is c1ccc(-c2cc(-c3ccccc3)cc(-n3c4ccccc4c4cc(-c5ccc6c(c5)c5ccccc5n6-c5cc(-c6ccccc6)cc(-c6ccccc6)c5)ccc43)c2)cc1.c1ccc(-c2ccc(-c3cccc(-n4c5ccccc5c5cc(-c6ccc7c(c6)c6ccccc6n7-c6ccc(-c7ccccc7)c(-c7ccccc7)c6)ccc54)c3)cc2)cc1. The second kappa shape index (κ2) is 31.1. The van der Waals surface area contributed by atoms with E-state index in [1.807, 2.05) is 0 Å². The van der Waals surface area contributed by atoms with Gasteiger partial charge in [0.2, 0.25) is 0 Å². The monoisotopic (exact) mass is 1580 g/mol. The summed E-state index contributed by atoms with van der Waals surface area (Å²) < 4.78 is 9.73. The van der Waals surface area contributed by atoms with Crippen LogP contribution in [0.3, 0.4) is 0 Å². The molecule has 0 radical (unpaired) electrons. The van der Waals surface area contributed by atoms with E-state index in [4.69, 9.17) is 0 Å². The van der Waals surface area contributed by atoms with Crippen molar-refractivity contribution in [2.24, 2.45) is 0 Å². The molecule has 0 fully saturated rings. The molecule has 0 saturated carbocycles. The van der Waals surface area contributed by atoms with Gasteiger partial charge in [0.05, 0.1) is 44.1 Å². The fourth-order valence-corrected chi connectivity index (χ4v) is 19.1. The number of aromatic nitrogens is 4. The Bertz CT molecular complexity index is 7800. The van der Waals surface area contributed by atoms with Gasteiger partial charge in [-0.05, 0) is 245 Å². The smallest absolute Gasteiger partial charge is 0.0541 e. The first-order valence-corrected chi connectivity index (χ1v) is 42.7. The maximum atomic E-state index is 2.44. The zero-order valence-electron chi connectivity index (χ0n) is 68.0. The lowest BCUT2D eigenvalue weighted by atomic mass is 9.94. The maximum Gasteiger partial charge on any atom is 0.0541 e. The zero-order valence-corrected chi connectivity index (χ0v) is 68.0. The first-order valence-electron chi connectivity index (χ1n) is 42.7. The van der Waals surface area contributed by atoms with Gasteiger partial charge < -0.3 is 18.3 Å². The molecule has 0 bridgehead atoms. The van der Waals surface area contributed by atoms with Crippen LogP contribution in [0.25, 0.3) is 221 Å². The van der Waals surface area contributed by atoms with Crippen LogP contribution in [0.1, 0.15) is 0 Å². The van der Waals surface area contributed by atoms with Gasteiger partial charge in [0.15, 0.2) is 0 Å². The average molecular weight is 1580 g/mol. The summed E-state index contributed by atoms with van der Waals surface area (Å²) in [5, 5.41) is 9.91. The highest BCUT2D eigenvalue weighted by molar-refractivity contribution is 6.15. The minimum Gasteiger partial charge on any atom is -0.309 e. The molecule has 4 aromatic heterocycles. The number of fused-ring (bicyclic) bond motifs is 12. The van der Waals surface area contributed by atoms with Crippen molar-refractivity contribution in [2.45, 2.75) is 0 Å². The van der Waals surface area contributed by atoms with Crippen LogP contribution in [0.15, 0.2) is 485 Å². The number of para-hydroxylation sites is 4. The van der Waals surface area contributed by atoms with Crippen molar-refractivity contribution in [2.75, 3.05) is 0 Å². The lowest BCUT2D eigenvalue weighted by molar-refractivity contribution is 1.18. The van der Waals surface area contributed by atoms with E-state index >= 15 is 0 Å². The highest BCUT2D eigenvalue weighted by Gasteiger charge is 2.23. The Morgan fingerprint density at radius 3 is 0.645 bits per heavy atom. The summed E-state index contributed by atoms with van der Waals surface area (Å²) in [4.78, 5) is 0. The van der Waals surface area contributed by atoms with E-state index in [-0.39, 0.29) is 0 Å². The molecular weight excluding hydrogens is 1500 g/mol. The van der Waals surface area contributed by atoms with Gasteiger partial charge in [-0.25, -0.2) is 0 Å². The molecule has 0 aliphatic carbocycles. The quantitative estimate of drug-likeness (QED) is 0.103. The molecule has 0 saturated heterocycles. The summed E-state index contributed by atoms with van der Waals surface area (Å²) in [5.74, 6) is 0. The van der Waals surface area contributed by atoms with Crippen molar-refractivity contribution in [3.05, 3.63) is 485 Å². The Labute approximate surface area is 719 Å². The van der Waals surface area contributed by atoms with E-state index in [0.29, 0.717) is 0 Å². The average Bonchev–Trinajstić information content (AvgIpc) is 1.59. The van der Waals surface area contributed by atoms with Gasteiger partial charge in [0.25, 0.3) is 0 Å². The third-order valence-electron chi connectivity index (χ3n) is 25.0. The van der Waals surface area contributed by atoms with Crippen LogP contribution in [0, 0.1) is 0 Å². The molecular formula is C120H80N4. The second-order valence-electron chi connectivity index (χ2n) is 32.3. The van der Waals surface area contributed by atoms with Gasteiger partial charge in [0, 0.05) is 65.8 Å². The van der Waals surface area contributed by atoms with E-state index < -0.39 is 0 Å². The Hall–Kier alpha value is -16.4. The highest BCUT2D eigenvalue weighted by atomic mass is 15.0. The molecule has 0 amide bonds. The van der Waals surface area contributed by atoms with Gasteiger partial charge in [-0.15, -0.1) is 0 Å². The van der Waals surface area contributed by atoms with E-state index in [1.54, 1.807) is 0 Å². The highest BCUT2D eigenvalue weighted by Crippen LogP contribution is 2.45. The van der Waals surface area contributed by atoms with Crippen LogP contribution in [-0.4, -0.2) is 18.3 Å². The standard InChI is InChI=1S/2C60H40N2/c1-5-17-41(18-6-1)47-33-48(42-19-7-2-8-20-42)36-51(35-47)61-57-27-15-13-25-53(57)55-39-45(29-31-59(55)61)46-30-32-60-56(40-46)54-26-14-16-28-58(54)62(60)52-37-49(43-21-9-3-10-22-43)34-50(38-52)44-23-11-4-12-24-44;1-4-15-41(16-5-1)42-27-29-43(30-28-42)46-21-14-22-49(37-46)61-57-25-12-10-23-52(57)55-38-47(31-35-59(55)61)48-32-36-60-56(39-48)53-24-11-13-26-58(53)62(60)50-33-34-51(44-17-6-2-7-18-44)54(40-50)45-19-8-3-9-20-45/h2*1-40H. The first kappa shape index (κ1) is 72.8. The third kappa shape index (κ3) is 13.1. The van der Waals surface area contributed by atoms with Crippen LogP contribution < -0.4 is 0 Å². The molecule has 0 atom stereocenters. The van der Waals surface area contributed by atoms with Crippen molar-refractivity contribution in [1.29, 1.82) is 0 Å².